The van der Waals surface area contributed by atoms with Crippen LogP contribution in [0.4, 0.5) is 0 Å². The van der Waals surface area contributed by atoms with Crippen LogP contribution in [0.3, 0.4) is 0 Å². The Kier molecular flexibility index (Phi) is 3.51. The fraction of sp³-hybridized carbons (Fsp3) is 0.882. The Morgan fingerprint density at radius 3 is 2.45 bits per heavy atom. The van der Waals surface area contributed by atoms with E-state index >= 15 is 0 Å². The van der Waals surface area contributed by atoms with Crippen LogP contribution in [0, 0.1) is 40.9 Å². The average Bonchev–Trinajstić information content (AvgIpc) is 2.79. The summed E-state index contributed by atoms with van der Waals surface area (Å²) in [6.45, 7) is 11.3. The molecule has 3 aliphatic rings. The quantitative estimate of drug-likeness (QED) is 0.367. The summed E-state index contributed by atoms with van der Waals surface area (Å²) in [4.78, 5) is 4.25. The van der Waals surface area contributed by atoms with Crippen molar-refractivity contribution in [3.05, 3.63) is 12.2 Å². The van der Waals surface area contributed by atoms with Gasteiger partial charge in [0.1, 0.15) is 0 Å². The summed E-state index contributed by atoms with van der Waals surface area (Å²) in [7, 11) is 0. The lowest BCUT2D eigenvalue weighted by atomic mass is 9.70. The predicted molar refractivity (Wildman–Crippen MR) is 77.9 cm³/mol. The van der Waals surface area contributed by atoms with Crippen molar-refractivity contribution in [2.75, 3.05) is 0 Å². The third kappa shape index (κ3) is 2.06. The van der Waals surface area contributed by atoms with Gasteiger partial charge in [0.25, 0.3) is 0 Å². The Hall–Kier alpha value is -0.380. The van der Waals surface area contributed by atoms with Crippen LogP contribution in [0.25, 0.3) is 0 Å². The molecule has 0 bridgehead atoms. The molecule has 0 heterocycles. The van der Waals surface area contributed by atoms with Gasteiger partial charge in [-0.3, -0.25) is 0 Å². The van der Waals surface area contributed by atoms with Crippen molar-refractivity contribution < 1.29 is 14.9 Å². The molecule has 3 aliphatic carbocycles. The van der Waals surface area contributed by atoms with Crippen LogP contribution < -0.4 is 0 Å². The summed E-state index contributed by atoms with van der Waals surface area (Å²) in [5.41, 5.74) is 0.505. The van der Waals surface area contributed by atoms with Crippen molar-refractivity contribution in [1.82, 2.24) is 0 Å². The van der Waals surface area contributed by atoms with E-state index in [-0.39, 0.29) is 6.10 Å². The van der Waals surface area contributed by atoms with E-state index in [1.807, 2.05) is 0 Å². The highest BCUT2D eigenvalue weighted by Gasteiger charge is 2.71. The topological polar surface area (TPSA) is 38.7 Å². The Morgan fingerprint density at radius 1 is 1.15 bits per heavy atom. The van der Waals surface area contributed by atoms with Gasteiger partial charge < -0.3 is 4.74 Å². The summed E-state index contributed by atoms with van der Waals surface area (Å²) in [6.07, 6.45) is 5.18. The molecule has 2 saturated carbocycles. The summed E-state index contributed by atoms with van der Waals surface area (Å²) in [5.74, 6) is 4.77. The molecule has 3 rings (SSSR count). The van der Waals surface area contributed by atoms with Gasteiger partial charge in [-0.25, -0.2) is 10.1 Å². The van der Waals surface area contributed by atoms with Gasteiger partial charge in [-0.05, 0) is 54.3 Å². The second kappa shape index (κ2) is 4.82. The number of hydrogen-bond donors (Lipinski definition) is 1. The fourth-order valence-corrected chi connectivity index (χ4v) is 5.44. The van der Waals surface area contributed by atoms with Crippen molar-refractivity contribution in [2.24, 2.45) is 40.9 Å². The van der Waals surface area contributed by atoms with E-state index in [4.69, 9.17) is 9.99 Å². The van der Waals surface area contributed by atoms with Crippen LogP contribution in [0.5, 0.6) is 0 Å². The normalized spacial score (nSPS) is 46.1. The smallest absolute Gasteiger partial charge is 0.188 e. The Balaban J connectivity index is 1.76. The molecule has 3 nitrogen and oxygen atoms in total. The molecule has 20 heavy (non-hydrogen) atoms. The van der Waals surface area contributed by atoms with Crippen LogP contribution >= 0.6 is 0 Å². The van der Waals surface area contributed by atoms with Crippen molar-refractivity contribution in [1.29, 1.82) is 0 Å². The monoisotopic (exact) mass is 280 g/mol. The van der Waals surface area contributed by atoms with Crippen LogP contribution in [-0.2, 0) is 9.62 Å². The average molecular weight is 280 g/mol. The highest BCUT2D eigenvalue weighted by atomic mass is 17.1. The fourth-order valence-electron chi connectivity index (χ4n) is 5.44. The first-order chi connectivity index (χ1) is 9.37. The molecule has 7 atom stereocenters. The minimum atomic E-state index is -0.550. The molecule has 0 aromatic carbocycles. The van der Waals surface area contributed by atoms with Crippen molar-refractivity contribution in [3.63, 3.8) is 0 Å². The molecular weight excluding hydrogens is 252 g/mol. The minimum absolute atomic E-state index is 0.0846. The van der Waals surface area contributed by atoms with Gasteiger partial charge >= 0.3 is 0 Å². The number of allylic oxidation sites excluding steroid dienone is 1. The first-order valence-electron chi connectivity index (χ1n) is 8.02. The van der Waals surface area contributed by atoms with Crippen molar-refractivity contribution in [3.8, 4) is 0 Å². The minimum Gasteiger partial charge on any atom is -0.343 e. The molecule has 0 aromatic heterocycles. The predicted octanol–water partition coefficient (Wildman–Crippen LogP) is 3.96. The highest BCUT2D eigenvalue weighted by molar-refractivity contribution is 5.23. The lowest BCUT2D eigenvalue weighted by molar-refractivity contribution is -0.346. The van der Waals surface area contributed by atoms with E-state index in [0.29, 0.717) is 5.41 Å². The summed E-state index contributed by atoms with van der Waals surface area (Å²) in [5, 5.41) is 8.66. The van der Waals surface area contributed by atoms with Gasteiger partial charge in [0.05, 0.1) is 6.10 Å². The number of fused-ring (bicyclic) bond motifs is 3. The third-order valence-electron chi connectivity index (χ3n) is 6.15. The second-order valence-corrected chi connectivity index (χ2v) is 7.90. The van der Waals surface area contributed by atoms with E-state index in [1.54, 1.807) is 6.92 Å². The van der Waals surface area contributed by atoms with Gasteiger partial charge in [0.2, 0.25) is 0 Å². The zero-order chi connectivity index (χ0) is 14.7. The molecule has 0 amide bonds. The van der Waals surface area contributed by atoms with E-state index < -0.39 is 6.29 Å². The molecule has 2 fully saturated rings. The van der Waals surface area contributed by atoms with Gasteiger partial charge in [-0.15, -0.1) is 0 Å². The number of ether oxygens (including phenoxy) is 1. The Morgan fingerprint density at radius 2 is 1.85 bits per heavy atom. The maximum absolute atomic E-state index is 8.66. The molecule has 0 spiro atoms. The van der Waals surface area contributed by atoms with Crippen molar-refractivity contribution in [2.45, 2.75) is 53.4 Å². The molecule has 0 aliphatic heterocycles. The molecule has 114 valence electrons. The Bertz CT molecular complexity index is 401. The van der Waals surface area contributed by atoms with E-state index in [9.17, 15) is 0 Å². The van der Waals surface area contributed by atoms with E-state index in [2.05, 4.69) is 44.7 Å². The largest absolute Gasteiger partial charge is 0.343 e. The highest BCUT2D eigenvalue weighted by Crippen LogP contribution is 2.75. The molecule has 0 radical (unpaired) electrons. The van der Waals surface area contributed by atoms with Crippen LogP contribution in [0.2, 0.25) is 0 Å². The molecule has 1 N–H and O–H groups in total. The molecular formula is C17H28O3. The maximum Gasteiger partial charge on any atom is 0.188 e. The maximum atomic E-state index is 8.66. The second-order valence-electron chi connectivity index (χ2n) is 7.90. The number of hydrogen-bond acceptors (Lipinski definition) is 3. The SMILES string of the molecule is CC(OO)OC1C=CC2C(C1)C1C(C2C(C)C)C1(C)C. The third-order valence-corrected chi connectivity index (χ3v) is 6.15. The number of rotatable bonds is 4. The van der Waals surface area contributed by atoms with Crippen LogP contribution in [0.15, 0.2) is 12.2 Å². The van der Waals surface area contributed by atoms with Gasteiger partial charge in [-0.2, -0.15) is 0 Å². The Labute approximate surface area is 122 Å². The van der Waals surface area contributed by atoms with E-state index in [1.165, 1.54) is 0 Å². The van der Waals surface area contributed by atoms with Crippen LogP contribution in [-0.4, -0.2) is 17.7 Å². The first-order valence-corrected chi connectivity index (χ1v) is 8.02. The summed E-state index contributed by atoms with van der Waals surface area (Å²) >= 11 is 0. The zero-order valence-corrected chi connectivity index (χ0v) is 13.2. The van der Waals surface area contributed by atoms with Crippen molar-refractivity contribution >= 4 is 0 Å². The van der Waals surface area contributed by atoms with Gasteiger partial charge in [-0.1, -0.05) is 39.8 Å². The van der Waals surface area contributed by atoms with E-state index in [0.717, 1.165) is 41.9 Å². The zero-order valence-electron chi connectivity index (χ0n) is 13.2. The molecule has 3 heteroatoms. The summed E-state index contributed by atoms with van der Waals surface area (Å²) < 4.78 is 5.72. The lowest BCUT2D eigenvalue weighted by Crippen LogP contribution is -2.33. The molecule has 0 aromatic rings. The standard InChI is InChI=1S/C17H28O3/c1-9(2)14-12-7-6-11(19-10(3)20-18)8-13(12)15-16(14)17(15,4)5/h6-7,9-16,18H,8H2,1-5H3. The summed E-state index contributed by atoms with van der Waals surface area (Å²) in [6, 6.07) is 0. The first kappa shape index (κ1) is 14.6. The molecule has 7 unspecified atom stereocenters. The van der Waals surface area contributed by atoms with Gasteiger partial charge in [0.15, 0.2) is 6.29 Å². The van der Waals surface area contributed by atoms with Crippen LogP contribution in [0.1, 0.15) is 41.0 Å². The lowest BCUT2D eigenvalue weighted by Gasteiger charge is -2.37. The molecule has 0 saturated heterocycles. The van der Waals surface area contributed by atoms with Gasteiger partial charge in [0, 0.05) is 0 Å².